The lowest BCUT2D eigenvalue weighted by Gasteiger charge is -2.28. The van der Waals surface area contributed by atoms with Gasteiger partial charge in [-0.25, -0.2) is 0 Å². The second-order valence-electron chi connectivity index (χ2n) is 4.05. The highest BCUT2D eigenvalue weighted by Gasteiger charge is 2.14. The summed E-state index contributed by atoms with van der Waals surface area (Å²) >= 11 is 0. The van der Waals surface area contributed by atoms with Gasteiger partial charge in [-0.2, -0.15) is 0 Å². The second kappa shape index (κ2) is 5.38. The quantitative estimate of drug-likeness (QED) is 0.786. The number of hydrogen-bond donors (Lipinski definition) is 1. The largest absolute Gasteiger partial charge is 0.399 e. The number of nitrogen functional groups attached to an aromatic ring is 1. The second-order valence-corrected chi connectivity index (χ2v) is 4.05. The van der Waals surface area contributed by atoms with Crippen LogP contribution in [0.25, 0.3) is 0 Å². The minimum atomic E-state index is 0. The lowest BCUT2D eigenvalue weighted by atomic mass is 9.99. The summed E-state index contributed by atoms with van der Waals surface area (Å²) in [5, 5.41) is 0. The molecule has 1 aromatic rings. The van der Waals surface area contributed by atoms with Crippen molar-refractivity contribution in [3.05, 3.63) is 29.3 Å². The van der Waals surface area contributed by atoms with Crippen LogP contribution >= 0.6 is 12.4 Å². The van der Waals surface area contributed by atoms with Crippen LogP contribution < -0.4 is 5.73 Å². The van der Waals surface area contributed by atoms with Crippen molar-refractivity contribution in [2.75, 3.05) is 18.8 Å². The summed E-state index contributed by atoms with van der Waals surface area (Å²) in [5.41, 5.74) is 9.57. The fourth-order valence-electron chi connectivity index (χ4n) is 2.14. The average molecular weight is 227 g/mol. The van der Waals surface area contributed by atoms with Crippen LogP contribution in [-0.4, -0.2) is 18.0 Å². The molecule has 0 saturated carbocycles. The van der Waals surface area contributed by atoms with Crippen LogP contribution in [0.1, 0.15) is 24.5 Å². The van der Waals surface area contributed by atoms with Crippen LogP contribution in [-0.2, 0) is 13.0 Å². The Balaban J connectivity index is 0.00000112. The highest BCUT2D eigenvalue weighted by molar-refractivity contribution is 5.85. The minimum Gasteiger partial charge on any atom is -0.399 e. The van der Waals surface area contributed by atoms with Crippen molar-refractivity contribution in [3.63, 3.8) is 0 Å². The lowest BCUT2D eigenvalue weighted by molar-refractivity contribution is 0.255. The van der Waals surface area contributed by atoms with E-state index < -0.39 is 0 Å². The summed E-state index contributed by atoms with van der Waals surface area (Å²) in [7, 11) is 0. The molecule has 1 heterocycles. The van der Waals surface area contributed by atoms with Gasteiger partial charge in [-0.3, -0.25) is 4.90 Å². The molecule has 0 bridgehead atoms. The highest BCUT2D eigenvalue weighted by atomic mass is 35.5. The number of fused-ring (bicyclic) bond motifs is 1. The van der Waals surface area contributed by atoms with Crippen molar-refractivity contribution in [2.45, 2.75) is 26.3 Å². The molecule has 0 spiro atoms. The molecular formula is C12H19ClN2. The van der Waals surface area contributed by atoms with E-state index in [2.05, 4.69) is 24.0 Å². The predicted octanol–water partition coefficient (Wildman–Crippen LogP) is 2.46. The zero-order valence-corrected chi connectivity index (χ0v) is 10.0. The molecule has 1 aliphatic heterocycles. The third kappa shape index (κ3) is 2.86. The van der Waals surface area contributed by atoms with Gasteiger partial charge in [-0.1, -0.05) is 13.0 Å². The summed E-state index contributed by atoms with van der Waals surface area (Å²) in [6.07, 6.45) is 2.41. The third-order valence-electron chi connectivity index (χ3n) is 2.86. The summed E-state index contributed by atoms with van der Waals surface area (Å²) in [6, 6.07) is 6.30. The maximum atomic E-state index is 5.78. The van der Waals surface area contributed by atoms with Crippen LogP contribution in [0.15, 0.2) is 18.2 Å². The Labute approximate surface area is 97.9 Å². The van der Waals surface area contributed by atoms with E-state index in [0.29, 0.717) is 0 Å². The molecule has 0 fully saturated rings. The smallest absolute Gasteiger partial charge is 0.0317 e. The van der Waals surface area contributed by atoms with Gasteiger partial charge in [-0.15, -0.1) is 12.4 Å². The van der Waals surface area contributed by atoms with Crippen LogP contribution in [0.5, 0.6) is 0 Å². The van der Waals surface area contributed by atoms with Gasteiger partial charge in [0.15, 0.2) is 0 Å². The first-order valence-corrected chi connectivity index (χ1v) is 5.39. The Hall–Kier alpha value is -0.730. The number of nitrogens with zero attached hydrogens (tertiary/aromatic N) is 1. The molecule has 0 saturated heterocycles. The molecule has 0 amide bonds. The fourth-order valence-corrected chi connectivity index (χ4v) is 2.14. The van der Waals surface area contributed by atoms with E-state index in [1.165, 1.54) is 37.1 Å². The number of benzene rings is 1. The van der Waals surface area contributed by atoms with Gasteiger partial charge in [0.25, 0.3) is 0 Å². The van der Waals surface area contributed by atoms with Crippen LogP contribution in [0.3, 0.4) is 0 Å². The number of rotatable bonds is 2. The molecule has 0 radical (unpaired) electrons. The van der Waals surface area contributed by atoms with E-state index in [1.54, 1.807) is 0 Å². The van der Waals surface area contributed by atoms with Gasteiger partial charge in [0, 0.05) is 18.8 Å². The molecule has 2 nitrogen and oxygen atoms in total. The number of hydrogen-bond acceptors (Lipinski definition) is 2. The summed E-state index contributed by atoms with van der Waals surface area (Å²) in [4.78, 5) is 2.50. The first-order chi connectivity index (χ1) is 6.79. The van der Waals surface area contributed by atoms with Crippen LogP contribution in [0.2, 0.25) is 0 Å². The third-order valence-corrected chi connectivity index (χ3v) is 2.86. The molecule has 3 heteroatoms. The van der Waals surface area contributed by atoms with Crippen LogP contribution in [0, 0.1) is 0 Å². The molecule has 2 rings (SSSR count). The Morgan fingerprint density at radius 2 is 2.13 bits per heavy atom. The van der Waals surface area contributed by atoms with Gasteiger partial charge in [0.1, 0.15) is 0 Å². The molecule has 1 aliphatic rings. The molecule has 1 aromatic carbocycles. The Morgan fingerprint density at radius 3 is 2.87 bits per heavy atom. The number of anilines is 1. The van der Waals surface area contributed by atoms with Crippen molar-refractivity contribution >= 4 is 18.1 Å². The molecule has 0 aliphatic carbocycles. The maximum absolute atomic E-state index is 5.78. The van der Waals surface area contributed by atoms with E-state index in [4.69, 9.17) is 5.73 Å². The van der Waals surface area contributed by atoms with Gasteiger partial charge >= 0.3 is 0 Å². The standard InChI is InChI=1S/C12H18N2.ClH/c1-2-6-14-7-5-10-3-4-12(13)8-11(10)9-14;/h3-4,8H,2,5-7,9,13H2,1H3;1H. The lowest BCUT2D eigenvalue weighted by Crippen LogP contribution is -2.31. The SMILES string of the molecule is CCCN1CCc2ccc(N)cc2C1.Cl. The maximum Gasteiger partial charge on any atom is 0.0317 e. The van der Waals surface area contributed by atoms with Gasteiger partial charge in [0.2, 0.25) is 0 Å². The molecule has 84 valence electrons. The Bertz CT molecular complexity index is 325. The van der Waals surface area contributed by atoms with Crippen molar-refractivity contribution in [3.8, 4) is 0 Å². The monoisotopic (exact) mass is 226 g/mol. The van der Waals surface area contributed by atoms with E-state index in [9.17, 15) is 0 Å². The fraction of sp³-hybridized carbons (Fsp3) is 0.500. The van der Waals surface area contributed by atoms with E-state index in [-0.39, 0.29) is 12.4 Å². The summed E-state index contributed by atoms with van der Waals surface area (Å²) in [5.74, 6) is 0. The number of nitrogens with two attached hydrogens (primary N) is 1. The van der Waals surface area contributed by atoms with Crippen molar-refractivity contribution in [2.24, 2.45) is 0 Å². The average Bonchev–Trinajstić information content (AvgIpc) is 2.17. The highest BCUT2D eigenvalue weighted by Crippen LogP contribution is 2.21. The normalized spacial score (nSPS) is 15.5. The van der Waals surface area contributed by atoms with Crippen LogP contribution in [0.4, 0.5) is 5.69 Å². The van der Waals surface area contributed by atoms with Crippen molar-refractivity contribution < 1.29 is 0 Å². The van der Waals surface area contributed by atoms with Gasteiger partial charge in [-0.05, 0) is 42.6 Å². The van der Waals surface area contributed by atoms with E-state index >= 15 is 0 Å². The topological polar surface area (TPSA) is 29.3 Å². The molecule has 0 unspecified atom stereocenters. The number of halogens is 1. The Kier molecular flexibility index (Phi) is 4.43. The van der Waals surface area contributed by atoms with Gasteiger partial charge in [0.05, 0.1) is 0 Å². The predicted molar refractivity (Wildman–Crippen MR) is 67.4 cm³/mol. The van der Waals surface area contributed by atoms with Crippen molar-refractivity contribution in [1.29, 1.82) is 0 Å². The van der Waals surface area contributed by atoms with E-state index in [1.807, 2.05) is 6.07 Å². The molecule has 15 heavy (non-hydrogen) atoms. The zero-order valence-electron chi connectivity index (χ0n) is 9.20. The zero-order chi connectivity index (χ0) is 9.97. The molecule has 2 N–H and O–H groups in total. The first kappa shape index (κ1) is 12.3. The Morgan fingerprint density at radius 1 is 1.33 bits per heavy atom. The minimum absolute atomic E-state index is 0. The summed E-state index contributed by atoms with van der Waals surface area (Å²) in [6.45, 7) is 5.71. The van der Waals surface area contributed by atoms with E-state index in [0.717, 1.165) is 12.2 Å². The van der Waals surface area contributed by atoms with Gasteiger partial charge < -0.3 is 5.73 Å². The molecule has 0 atom stereocenters. The molecule has 0 aromatic heterocycles. The van der Waals surface area contributed by atoms with Crippen molar-refractivity contribution in [1.82, 2.24) is 4.90 Å². The first-order valence-electron chi connectivity index (χ1n) is 5.39. The molecular weight excluding hydrogens is 208 g/mol. The summed E-state index contributed by atoms with van der Waals surface area (Å²) < 4.78 is 0.